The summed E-state index contributed by atoms with van der Waals surface area (Å²) < 4.78 is 0. The van der Waals surface area contributed by atoms with Crippen molar-refractivity contribution in [3.8, 4) is 0 Å². The highest BCUT2D eigenvalue weighted by atomic mass is 35.5. The van der Waals surface area contributed by atoms with Gasteiger partial charge in [0.2, 0.25) is 11.8 Å². The molecule has 0 bridgehead atoms. The smallest absolute Gasteiger partial charge is 0.240 e. The predicted molar refractivity (Wildman–Crippen MR) is 94.4 cm³/mol. The average molecular weight is 362 g/mol. The Bertz CT molecular complexity index is 742. The second kappa shape index (κ2) is 7.68. The second-order valence-corrected chi connectivity index (χ2v) is 6.78. The number of benzene rings is 1. The molecule has 5 nitrogen and oxygen atoms in total. The van der Waals surface area contributed by atoms with Crippen LogP contribution in [0.15, 0.2) is 48.7 Å². The molecule has 0 spiro atoms. The van der Waals surface area contributed by atoms with Crippen LogP contribution in [0, 0.1) is 0 Å². The Morgan fingerprint density at radius 1 is 1.29 bits per heavy atom. The molecule has 2 heterocycles. The highest BCUT2D eigenvalue weighted by Crippen LogP contribution is 2.41. The lowest BCUT2D eigenvalue weighted by Crippen LogP contribution is -2.39. The SMILES string of the molecule is O=C(CN1C(=O)CSC1c1ccccc1Cl)NCc1ccccn1. The van der Waals surface area contributed by atoms with E-state index in [-0.39, 0.29) is 23.7 Å². The van der Waals surface area contributed by atoms with Crippen molar-refractivity contribution in [2.24, 2.45) is 0 Å². The van der Waals surface area contributed by atoms with Gasteiger partial charge in [-0.15, -0.1) is 11.8 Å². The summed E-state index contributed by atoms with van der Waals surface area (Å²) in [5.74, 6) is 0.0788. The second-order valence-electron chi connectivity index (χ2n) is 5.30. The van der Waals surface area contributed by atoms with Gasteiger partial charge in [0.25, 0.3) is 0 Å². The first-order chi connectivity index (χ1) is 11.6. The average Bonchev–Trinajstić information content (AvgIpc) is 2.95. The number of amides is 2. The molecule has 1 N–H and O–H groups in total. The largest absolute Gasteiger partial charge is 0.349 e. The van der Waals surface area contributed by atoms with Gasteiger partial charge in [-0.3, -0.25) is 14.6 Å². The van der Waals surface area contributed by atoms with Gasteiger partial charge in [0.15, 0.2) is 0 Å². The third kappa shape index (κ3) is 3.88. The Morgan fingerprint density at radius 3 is 2.83 bits per heavy atom. The minimum atomic E-state index is -0.230. The first kappa shape index (κ1) is 16.8. The number of pyridine rings is 1. The van der Waals surface area contributed by atoms with Crippen LogP contribution < -0.4 is 5.32 Å². The van der Waals surface area contributed by atoms with E-state index in [0.717, 1.165) is 11.3 Å². The summed E-state index contributed by atoms with van der Waals surface area (Å²) in [6.07, 6.45) is 1.68. The van der Waals surface area contributed by atoms with Crippen LogP contribution in [-0.4, -0.2) is 34.0 Å². The third-order valence-electron chi connectivity index (χ3n) is 3.65. The number of rotatable bonds is 5. The quantitative estimate of drug-likeness (QED) is 0.889. The Hall–Kier alpha value is -2.05. The molecular weight excluding hydrogens is 346 g/mol. The fourth-order valence-corrected chi connectivity index (χ4v) is 3.99. The van der Waals surface area contributed by atoms with Crippen LogP contribution in [0.1, 0.15) is 16.6 Å². The van der Waals surface area contributed by atoms with Gasteiger partial charge in [-0.1, -0.05) is 35.9 Å². The number of carbonyl (C=O) groups excluding carboxylic acids is 2. The molecule has 7 heteroatoms. The van der Waals surface area contributed by atoms with E-state index in [1.54, 1.807) is 17.2 Å². The molecule has 1 fully saturated rings. The highest BCUT2D eigenvalue weighted by Gasteiger charge is 2.35. The summed E-state index contributed by atoms with van der Waals surface area (Å²) in [5.41, 5.74) is 1.63. The molecule has 1 unspecified atom stereocenters. The van der Waals surface area contributed by atoms with E-state index < -0.39 is 0 Å². The van der Waals surface area contributed by atoms with Gasteiger partial charge in [0, 0.05) is 16.8 Å². The van der Waals surface area contributed by atoms with E-state index in [2.05, 4.69) is 10.3 Å². The third-order valence-corrected chi connectivity index (χ3v) is 5.23. The van der Waals surface area contributed by atoms with Crippen LogP contribution in [0.2, 0.25) is 5.02 Å². The van der Waals surface area contributed by atoms with Crippen molar-refractivity contribution >= 4 is 35.2 Å². The molecule has 3 rings (SSSR count). The van der Waals surface area contributed by atoms with Crippen LogP contribution >= 0.6 is 23.4 Å². The van der Waals surface area contributed by atoms with Crippen LogP contribution in [0.5, 0.6) is 0 Å². The zero-order valence-corrected chi connectivity index (χ0v) is 14.4. The van der Waals surface area contributed by atoms with E-state index in [1.807, 2.05) is 36.4 Å². The van der Waals surface area contributed by atoms with Crippen molar-refractivity contribution in [3.63, 3.8) is 0 Å². The van der Waals surface area contributed by atoms with Gasteiger partial charge in [0.1, 0.15) is 11.9 Å². The molecule has 0 saturated carbocycles. The summed E-state index contributed by atoms with van der Waals surface area (Å²) in [5, 5.41) is 3.17. The molecule has 2 amide bonds. The standard InChI is InChI=1S/C17H16ClN3O2S/c18-14-7-2-1-6-13(14)17-21(16(23)11-24-17)10-15(22)20-9-12-5-3-4-8-19-12/h1-8,17H,9-11H2,(H,20,22). The predicted octanol–water partition coefficient (Wildman–Crippen LogP) is 2.63. The summed E-state index contributed by atoms with van der Waals surface area (Å²) in [6.45, 7) is 0.347. The number of hydrogen-bond donors (Lipinski definition) is 1. The molecule has 24 heavy (non-hydrogen) atoms. The lowest BCUT2D eigenvalue weighted by atomic mass is 10.2. The minimum Gasteiger partial charge on any atom is -0.349 e. The molecule has 1 aromatic carbocycles. The summed E-state index contributed by atoms with van der Waals surface area (Å²) >= 11 is 7.72. The maximum absolute atomic E-state index is 12.2. The maximum atomic E-state index is 12.2. The van der Waals surface area contributed by atoms with Crippen LogP contribution in [0.25, 0.3) is 0 Å². The Labute approximate surface area is 149 Å². The fourth-order valence-electron chi connectivity index (χ4n) is 2.46. The maximum Gasteiger partial charge on any atom is 0.240 e. The Balaban J connectivity index is 1.65. The summed E-state index contributed by atoms with van der Waals surface area (Å²) in [6, 6.07) is 12.9. The van der Waals surface area contributed by atoms with E-state index in [0.29, 0.717) is 17.3 Å². The molecule has 1 aliphatic rings. The van der Waals surface area contributed by atoms with Crippen molar-refractivity contribution in [2.75, 3.05) is 12.3 Å². The van der Waals surface area contributed by atoms with Crippen LogP contribution in [-0.2, 0) is 16.1 Å². The summed E-state index contributed by atoms with van der Waals surface area (Å²) in [7, 11) is 0. The molecule has 1 aliphatic heterocycles. The molecule has 1 saturated heterocycles. The Kier molecular flexibility index (Phi) is 5.37. The molecular formula is C17H16ClN3O2S. The topological polar surface area (TPSA) is 62.3 Å². The monoisotopic (exact) mass is 361 g/mol. The van der Waals surface area contributed by atoms with E-state index in [9.17, 15) is 9.59 Å². The zero-order chi connectivity index (χ0) is 16.9. The molecule has 1 atom stereocenters. The van der Waals surface area contributed by atoms with Crippen molar-refractivity contribution in [1.82, 2.24) is 15.2 Å². The van der Waals surface area contributed by atoms with Crippen LogP contribution in [0.3, 0.4) is 0 Å². The first-order valence-electron chi connectivity index (χ1n) is 7.47. The number of halogens is 1. The molecule has 1 aromatic heterocycles. The fraction of sp³-hybridized carbons (Fsp3) is 0.235. The van der Waals surface area contributed by atoms with Crippen molar-refractivity contribution in [3.05, 3.63) is 64.9 Å². The van der Waals surface area contributed by atoms with Gasteiger partial charge >= 0.3 is 0 Å². The number of hydrogen-bond acceptors (Lipinski definition) is 4. The van der Waals surface area contributed by atoms with Gasteiger partial charge < -0.3 is 10.2 Å². The van der Waals surface area contributed by atoms with Gasteiger partial charge in [-0.25, -0.2) is 0 Å². The van der Waals surface area contributed by atoms with E-state index in [1.165, 1.54) is 11.8 Å². The highest BCUT2D eigenvalue weighted by molar-refractivity contribution is 8.00. The van der Waals surface area contributed by atoms with E-state index in [4.69, 9.17) is 11.6 Å². The van der Waals surface area contributed by atoms with Gasteiger partial charge in [0.05, 0.1) is 18.0 Å². The Morgan fingerprint density at radius 2 is 2.08 bits per heavy atom. The lowest BCUT2D eigenvalue weighted by molar-refractivity contribution is -0.133. The van der Waals surface area contributed by atoms with Crippen molar-refractivity contribution in [2.45, 2.75) is 11.9 Å². The number of thioether (sulfide) groups is 1. The van der Waals surface area contributed by atoms with Gasteiger partial charge in [-0.2, -0.15) is 0 Å². The summed E-state index contributed by atoms with van der Waals surface area (Å²) in [4.78, 5) is 30.1. The zero-order valence-electron chi connectivity index (χ0n) is 12.8. The van der Waals surface area contributed by atoms with E-state index >= 15 is 0 Å². The lowest BCUT2D eigenvalue weighted by Gasteiger charge is -2.24. The number of aromatic nitrogens is 1. The normalized spacial score (nSPS) is 17.1. The molecule has 0 aliphatic carbocycles. The molecule has 124 valence electrons. The minimum absolute atomic E-state index is 0.00849. The van der Waals surface area contributed by atoms with Crippen molar-refractivity contribution in [1.29, 1.82) is 0 Å². The molecule has 2 aromatic rings. The number of nitrogens with zero attached hydrogens (tertiary/aromatic N) is 2. The first-order valence-corrected chi connectivity index (χ1v) is 8.90. The van der Waals surface area contributed by atoms with Crippen LogP contribution in [0.4, 0.5) is 0 Å². The number of nitrogens with one attached hydrogen (secondary N) is 1. The van der Waals surface area contributed by atoms with Gasteiger partial charge in [-0.05, 0) is 18.2 Å². The molecule has 0 radical (unpaired) electrons. The number of carbonyl (C=O) groups is 2. The van der Waals surface area contributed by atoms with Crippen molar-refractivity contribution < 1.29 is 9.59 Å².